The summed E-state index contributed by atoms with van der Waals surface area (Å²) < 4.78 is 4.81. The molecule has 0 aliphatic heterocycles. The molecule has 0 saturated heterocycles. The van der Waals surface area contributed by atoms with Crippen molar-refractivity contribution in [1.82, 2.24) is 0 Å². The first kappa shape index (κ1) is 22.2. The molecule has 0 radical (unpaired) electrons. The van der Waals surface area contributed by atoms with E-state index in [9.17, 15) is 25.2 Å². The predicted octanol–water partition coefficient (Wildman–Crippen LogP) is -1.31. The van der Waals surface area contributed by atoms with Crippen LogP contribution in [0.15, 0.2) is 0 Å². The van der Waals surface area contributed by atoms with Crippen LogP contribution in [0.4, 0.5) is 0 Å². The molecule has 0 aromatic carbocycles. The number of ether oxygens (including phenoxy) is 1. The van der Waals surface area contributed by atoms with Gasteiger partial charge in [0.25, 0.3) is 0 Å². The third kappa shape index (κ3) is 9.85. The zero-order chi connectivity index (χ0) is 17.8. The van der Waals surface area contributed by atoms with Gasteiger partial charge in [0.05, 0.1) is 31.8 Å². The molecule has 0 aliphatic carbocycles. The number of carbonyl (C=O) groups excluding carboxylic acids is 1. The molecule has 138 valence electrons. The summed E-state index contributed by atoms with van der Waals surface area (Å²) in [5.74, 6) is -0.900. The van der Waals surface area contributed by atoms with Crippen LogP contribution in [0, 0.1) is 0 Å². The minimum absolute atomic E-state index is 0.0224. The maximum atomic E-state index is 11.7. The van der Waals surface area contributed by atoms with Gasteiger partial charge < -0.3 is 35.4 Å². The summed E-state index contributed by atoms with van der Waals surface area (Å²) in [5.41, 5.74) is 0. The van der Waals surface area contributed by atoms with Crippen molar-refractivity contribution in [3.63, 3.8) is 0 Å². The van der Waals surface area contributed by atoms with Crippen molar-refractivity contribution in [2.45, 2.75) is 76.0 Å². The van der Waals surface area contributed by atoms with Crippen molar-refractivity contribution in [2.24, 2.45) is 0 Å². The molecule has 2 unspecified atom stereocenters. The lowest BCUT2D eigenvalue weighted by atomic mass is 10.0. The fraction of sp³-hybridized carbons (Fsp3) is 0.933. The van der Waals surface area contributed by atoms with Gasteiger partial charge in [-0.3, -0.25) is 4.79 Å². The molecule has 4 atom stereocenters. The third-order valence-corrected chi connectivity index (χ3v) is 3.49. The molecule has 0 saturated carbocycles. The number of carbonyl (C=O) groups is 1. The monoisotopic (exact) mass is 338 g/mol. The van der Waals surface area contributed by atoms with Crippen LogP contribution in [-0.4, -0.2) is 80.3 Å². The van der Waals surface area contributed by atoms with E-state index in [2.05, 4.69) is 0 Å². The molecule has 0 heterocycles. The zero-order valence-electron chi connectivity index (χ0n) is 13.5. The molecule has 0 aromatic heterocycles. The van der Waals surface area contributed by atoms with Crippen LogP contribution >= 0.6 is 0 Å². The first-order valence-electron chi connectivity index (χ1n) is 7.99. The van der Waals surface area contributed by atoms with Crippen LogP contribution < -0.4 is 0 Å². The van der Waals surface area contributed by atoms with E-state index in [0.717, 1.165) is 19.3 Å². The lowest BCUT2D eigenvalue weighted by Crippen LogP contribution is -2.45. The SMILES string of the molecule is CCCCCC(O)CC(O)CC(=O)OC([C@H](O)CO)[C@H](O)CO. The van der Waals surface area contributed by atoms with E-state index < -0.39 is 56.1 Å². The van der Waals surface area contributed by atoms with Crippen LogP contribution in [-0.2, 0) is 9.53 Å². The molecule has 0 rings (SSSR count). The Labute approximate surface area is 136 Å². The van der Waals surface area contributed by atoms with Crippen LogP contribution in [0.5, 0.6) is 0 Å². The fourth-order valence-corrected chi connectivity index (χ4v) is 2.16. The normalized spacial score (nSPS) is 16.9. The molecule has 0 fully saturated rings. The molecular weight excluding hydrogens is 308 g/mol. The lowest BCUT2D eigenvalue weighted by Gasteiger charge is -2.26. The number of esters is 1. The van der Waals surface area contributed by atoms with Gasteiger partial charge in [0.1, 0.15) is 12.2 Å². The first-order valence-corrected chi connectivity index (χ1v) is 7.99. The van der Waals surface area contributed by atoms with E-state index in [0.29, 0.717) is 6.42 Å². The Hall–Kier alpha value is -0.770. The number of rotatable bonds is 13. The Morgan fingerprint density at radius 1 is 0.957 bits per heavy atom. The number of aliphatic hydroxyl groups is 6. The van der Waals surface area contributed by atoms with Crippen molar-refractivity contribution in [3.05, 3.63) is 0 Å². The average molecular weight is 338 g/mol. The number of hydrogen-bond acceptors (Lipinski definition) is 8. The van der Waals surface area contributed by atoms with Crippen molar-refractivity contribution >= 4 is 5.97 Å². The standard InChI is InChI=1S/C15H30O8/c1-2-3-4-5-10(18)6-11(19)7-14(22)23-15(12(20)8-16)13(21)9-17/h10-13,15-21H,2-9H2,1H3/t10?,11?,12-,13-/m1/s1. The van der Waals surface area contributed by atoms with Crippen LogP contribution in [0.1, 0.15) is 45.4 Å². The summed E-state index contributed by atoms with van der Waals surface area (Å²) in [6, 6.07) is 0. The van der Waals surface area contributed by atoms with E-state index in [1.807, 2.05) is 6.92 Å². The molecule has 8 nitrogen and oxygen atoms in total. The van der Waals surface area contributed by atoms with E-state index in [-0.39, 0.29) is 6.42 Å². The van der Waals surface area contributed by atoms with Crippen molar-refractivity contribution in [3.8, 4) is 0 Å². The van der Waals surface area contributed by atoms with E-state index >= 15 is 0 Å². The molecule has 23 heavy (non-hydrogen) atoms. The first-order chi connectivity index (χ1) is 10.8. The summed E-state index contributed by atoms with van der Waals surface area (Å²) in [5, 5.41) is 56.1. The maximum absolute atomic E-state index is 11.7. The molecule has 0 aromatic rings. The summed E-state index contributed by atoms with van der Waals surface area (Å²) in [4.78, 5) is 11.7. The van der Waals surface area contributed by atoms with Gasteiger partial charge in [-0.05, 0) is 12.8 Å². The highest BCUT2D eigenvalue weighted by atomic mass is 16.6. The fourth-order valence-electron chi connectivity index (χ4n) is 2.16. The third-order valence-electron chi connectivity index (χ3n) is 3.49. The molecule has 0 aliphatic rings. The predicted molar refractivity (Wildman–Crippen MR) is 81.5 cm³/mol. The minimum atomic E-state index is -1.54. The topological polar surface area (TPSA) is 148 Å². The van der Waals surface area contributed by atoms with Crippen LogP contribution in [0.25, 0.3) is 0 Å². The number of hydrogen-bond donors (Lipinski definition) is 6. The molecule has 0 bridgehead atoms. The number of aliphatic hydroxyl groups excluding tert-OH is 6. The highest BCUT2D eigenvalue weighted by Crippen LogP contribution is 2.13. The van der Waals surface area contributed by atoms with Crippen LogP contribution in [0.2, 0.25) is 0 Å². The Balaban J connectivity index is 4.28. The average Bonchev–Trinajstić information content (AvgIpc) is 2.51. The summed E-state index contributed by atoms with van der Waals surface area (Å²) in [7, 11) is 0. The van der Waals surface area contributed by atoms with Crippen molar-refractivity contribution in [1.29, 1.82) is 0 Å². The second kappa shape index (κ2) is 12.6. The van der Waals surface area contributed by atoms with E-state index in [1.165, 1.54) is 0 Å². The Morgan fingerprint density at radius 2 is 1.52 bits per heavy atom. The highest BCUT2D eigenvalue weighted by molar-refractivity contribution is 5.70. The molecule has 6 N–H and O–H groups in total. The Kier molecular flexibility index (Phi) is 12.2. The molecule has 0 spiro atoms. The second-order valence-corrected chi connectivity index (χ2v) is 5.70. The Bertz CT molecular complexity index is 302. The molecule has 8 heteroatoms. The van der Waals surface area contributed by atoms with E-state index in [1.54, 1.807) is 0 Å². The second-order valence-electron chi connectivity index (χ2n) is 5.70. The van der Waals surface area contributed by atoms with Gasteiger partial charge >= 0.3 is 5.97 Å². The summed E-state index contributed by atoms with van der Waals surface area (Å²) in [6.45, 7) is 0.524. The lowest BCUT2D eigenvalue weighted by molar-refractivity contribution is -0.171. The Morgan fingerprint density at radius 3 is 2.00 bits per heavy atom. The van der Waals surface area contributed by atoms with Gasteiger partial charge in [0, 0.05) is 0 Å². The minimum Gasteiger partial charge on any atom is -0.457 e. The smallest absolute Gasteiger partial charge is 0.308 e. The van der Waals surface area contributed by atoms with Gasteiger partial charge in [-0.1, -0.05) is 26.2 Å². The van der Waals surface area contributed by atoms with Crippen molar-refractivity contribution in [2.75, 3.05) is 13.2 Å². The van der Waals surface area contributed by atoms with Gasteiger partial charge in [-0.15, -0.1) is 0 Å². The highest BCUT2D eigenvalue weighted by Gasteiger charge is 2.30. The van der Waals surface area contributed by atoms with Gasteiger partial charge in [0.2, 0.25) is 0 Å². The molecule has 0 amide bonds. The van der Waals surface area contributed by atoms with E-state index in [4.69, 9.17) is 14.9 Å². The summed E-state index contributed by atoms with van der Waals surface area (Å²) >= 11 is 0. The van der Waals surface area contributed by atoms with Crippen molar-refractivity contribution < 1.29 is 40.2 Å². The van der Waals surface area contributed by atoms with Gasteiger partial charge in [-0.25, -0.2) is 0 Å². The number of unbranched alkanes of at least 4 members (excludes halogenated alkanes) is 2. The zero-order valence-corrected chi connectivity index (χ0v) is 13.5. The van der Waals surface area contributed by atoms with Gasteiger partial charge in [0.15, 0.2) is 6.10 Å². The summed E-state index contributed by atoms with van der Waals surface area (Å²) in [6.07, 6.45) is -3.43. The quantitative estimate of drug-likeness (QED) is 0.179. The molecular formula is C15H30O8. The van der Waals surface area contributed by atoms with Crippen LogP contribution in [0.3, 0.4) is 0 Å². The van der Waals surface area contributed by atoms with Gasteiger partial charge in [-0.2, -0.15) is 0 Å². The maximum Gasteiger partial charge on any atom is 0.308 e. The largest absolute Gasteiger partial charge is 0.457 e.